The lowest BCUT2D eigenvalue weighted by Gasteiger charge is -2.11. The third kappa shape index (κ3) is 2.91. The van der Waals surface area contributed by atoms with Crippen molar-refractivity contribution in [2.75, 3.05) is 12.4 Å². The first-order valence-electron chi connectivity index (χ1n) is 7.79. The average Bonchev–Trinajstić information content (AvgIpc) is 2.87. The molecular formula is C19H13N5O2. The van der Waals surface area contributed by atoms with E-state index in [0.29, 0.717) is 34.4 Å². The second-order valence-electron chi connectivity index (χ2n) is 5.46. The number of rotatable bonds is 3. The van der Waals surface area contributed by atoms with Crippen LogP contribution in [0.15, 0.2) is 53.8 Å². The van der Waals surface area contributed by atoms with Gasteiger partial charge in [0.05, 0.1) is 18.7 Å². The Kier molecular flexibility index (Phi) is 3.92. The zero-order valence-corrected chi connectivity index (χ0v) is 13.8. The predicted octanol–water partition coefficient (Wildman–Crippen LogP) is 3.96. The number of nitrogens with zero attached hydrogens (tertiary/aromatic N) is 4. The van der Waals surface area contributed by atoms with Crippen LogP contribution in [0.3, 0.4) is 0 Å². The number of aromatic nitrogens is 2. The number of ether oxygens (including phenoxy) is 2. The Balaban J connectivity index is 1.73. The number of nitriles is 1. The maximum Gasteiger partial charge on any atom is 0.250 e. The Morgan fingerprint density at radius 2 is 2.08 bits per heavy atom. The van der Waals surface area contributed by atoms with E-state index in [1.807, 2.05) is 18.2 Å². The summed E-state index contributed by atoms with van der Waals surface area (Å²) < 4.78 is 11.1. The molecule has 0 atom stereocenters. The minimum absolute atomic E-state index is 0.346. The number of methoxy groups -OCH3 is 1. The first-order valence-corrected chi connectivity index (χ1v) is 7.79. The van der Waals surface area contributed by atoms with Gasteiger partial charge in [0, 0.05) is 17.5 Å². The van der Waals surface area contributed by atoms with Gasteiger partial charge >= 0.3 is 0 Å². The van der Waals surface area contributed by atoms with Gasteiger partial charge in [-0.25, -0.2) is 9.98 Å². The van der Waals surface area contributed by atoms with E-state index in [9.17, 15) is 0 Å². The zero-order valence-electron chi connectivity index (χ0n) is 13.8. The number of nitrogens with one attached hydrogen (secondary N) is 1. The van der Waals surface area contributed by atoms with Crippen molar-refractivity contribution in [2.24, 2.45) is 4.99 Å². The molecule has 1 aliphatic rings. The SMILES string of the molecule is COc1ccc2c(c1)C=Nc1c(Nc3cccc(C#N)c3)ncnc1O2. The zero-order chi connectivity index (χ0) is 17.9. The molecule has 0 saturated carbocycles. The van der Waals surface area contributed by atoms with Crippen molar-refractivity contribution in [1.29, 1.82) is 5.26 Å². The number of benzene rings is 2. The first-order chi connectivity index (χ1) is 12.8. The van der Waals surface area contributed by atoms with E-state index in [4.69, 9.17) is 14.7 Å². The van der Waals surface area contributed by atoms with Crippen molar-refractivity contribution in [1.82, 2.24) is 9.97 Å². The summed E-state index contributed by atoms with van der Waals surface area (Å²) in [5.74, 6) is 2.17. The fourth-order valence-corrected chi connectivity index (χ4v) is 2.53. The molecule has 0 spiro atoms. The Hall–Kier alpha value is -3.92. The molecule has 1 N–H and O–H groups in total. The fourth-order valence-electron chi connectivity index (χ4n) is 2.53. The Bertz CT molecular complexity index is 1060. The van der Waals surface area contributed by atoms with E-state index in [-0.39, 0.29) is 0 Å². The van der Waals surface area contributed by atoms with Crippen LogP contribution in [0.25, 0.3) is 0 Å². The van der Waals surface area contributed by atoms with Crippen molar-refractivity contribution < 1.29 is 9.47 Å². The number of hydrogen-bond acceptors (Lipinski definition) is 7. The summed E-state index contributed by atoms with van der Waals surface area (Å²) in [5, 5.41) is 12.2. The molecule has 2 heterocycles. The monoisotopic (exact) mass is 343 g/mol. The second-order valence-corrected chi connectivity index (χ2v) is 5.46. The van der Waals surface area contributed by atoms with Crippen LogP contribution in [-0.4, -0.2) is 23.3 Å². The summed E-state index contributed by atoms with van der Waals surface area (Å²) >= 11 is 0. The van der Waals surface area contributed by atoms with E-state index >= 15 is 0 Å². The van der Waals surface area contributed by atoms with E-state index in [1.54, 1.807) is 37.6 Å². The van der Waals surface area contributed by atoms with Crippen LogP contribution < -0.4 is 14.8 Å². The Morgan fingerprint density at radius 1 is 1.15 bits per heavy atom. The summed E-state index contributed by atoms with van der Waals surface area (Å²) in [6.07, 6.45) is 3.09. The molecule has 0 unspecified atom stereocenters. The van der Waals surface area contributed by atoms with Crippen molar-refractivity contribution in [3.8, 4) is 23.4 Å². The summed E-state index contributed by atoms with van der Waals surface area (Å²) in [5.41, 5.74) is 2.53. The molecule has 1 aliphatic heterocycles. The quantitative estimate of drug-likeness (QED) is 0.605. The average molecular weight is 343 g/mol. The van der Waals surface area contributed by atoms with Crippen molar-refractivity contribution in [3.05, 3.63) is 59.9 Å². The maximum atomic E-state index is 9.04. The van der Waals surface area contributed by atoms with Crippen LogP contribution in [0, 0.1) is 11.3 Å². The molecule has 26 heavy (non-hydrogen) atoms. The predicted molar refractivity (Wildman–Crippen MR) is 96.8 cm³/mol. The van der Waals surface area contributed by atoms with Gasteiger partial charge in [-0.05, 0) is 36.4 Å². The lowest BCUT2D eigenvalue weighted by atomic mass is 10.2. The standard InChI is InChI=1S/C19H13N5O2/c1-25-15-5-6-16-13(8-15)10-21-17-18(22-11-23-19(17)26-16)24-14-4-2-3-12(7-14)9-20/h2-8,10-11H,1H3,(H,22,23,24). The van der Waals surface area contributed by atoms with Gasteiger partial charge in [-0.2, -0.15) is 10.2 Å². The molecule has 1 aromatic heterocycles. The van der Waals surface area contributed by atoms with Crippen molar-refractivity contribution in [2.45, 2.75) is 0 Å². The van der Waals surface area contributed by atoms with Crippen LogP contribution in [0.1, 0.15) is 11.1 Å². The van der Waals surface area contributed by atoms with Gasteiger partial charge in [-0.1, -0.05) is 6.07 Å². The van der Waals surface area contributed by atoms with Crippen molar-refractivity contribution >= 4 is 23.4 Å². The van der Waals surface area contributed by atoms with Gasteiger partial charge in [0.1, 0.15) is 17.8 Å². The van der Waals surface area contributed by atoms with E-state index < -0.39 is 0 Å². The summed E-state index contributed by atoms with van der Waals surface area (Å²) in [6, 6.07) is 14.7. The van der Waals surface area contributed by atoms with Gasteiger partial charge in [-0.15, -0.1) is 0 Å². The molecule has 0 bridgehead atoms. The van der Waals surface area contributed by atoms with Gasteiger partial charge in [0.2, 0.25) is 0 Å². The van der Waals surface area contributed by atoms with Crippen LogP contribution in [0.4, 0.5) is 17.2 Å². The summed E-state index contributed by atoms with van der Waals surface area (Å²) in [4.78, 5) is 12.9. The van der Waals surface area contributed by atoms with Gasteiger partial charge < -0.3 is 14.8 Å². The molecular weight excluding hydrogens is 330 g/mol. The van der Waals surface area contributed by atoms with Gasteiger partial charge in [-0.3, -0.25) is 0 Å². The molecule has 0 radical (unpaired) electrons. The van der Waals surface area contributed by atoms with E-state index in [2.05, 4.69) is 26.3 Å². The number of fused-ring (bicyclic) bond motifs is 2. The second kappa shape index (κ2) is 6.53. The van der Waals surface area contributed by atoms with Crippen LogP contribution in [0.5, 0.6) is 17.4 Å². The summed E-state index contributed by atoms with van der Waals surface area (Å²) in [6.45, 7) is 0. The number of hydrogen-bond donors (Lipinski definition) is 1. The molecule has 4 rings (SSSR count). The van der Waals surface area contributed by atoms with Crippen LogP contribution >= 0.6 is 0 Å². The number of aliphatic imine (C=N–C) groups is 1. The molecule has 0 amide bonds. The largest absolute Gasteiger partial charge is 0.497 e. The minimum Gasteiger partial charge on any atom is -0.497 e. The molecule has 0 aliphatic carbocycles. The molecule has 7 nitrogen and oxygen atoms in total. The van der Waals surface area contributed by atoms with E-state index in [1.165, 1.54) is 6.33 Å². The molecule has 2 aromatic carbocycles. The van der Waals surface area contributed by atoms with Gasteiger partial charge in [0.25, 0.3) is 5.88 Å². The maximum absolute atomic E-state index is 9.04. The molecule has 3 aromatic rings. The molecule has 126 valence electrons. The fraction of sp³-hybridized carbons (Fsp3) is 0.0526. The van der Waals surface area contributed by atoms with E-state index in [0.717, 1.165) is 11.3 Å². The summed E-state index contributed by atoms with van der Waals surface area (Å²) in [7, 11) is 1.61. The topological polar surface area (TPSA) is 92.4 Å². The highest BCUT2D eigenvalue weighted by molar-refractivity contribution is 5.90. The van der Waals surface area contributed by atoms with Crippen molar-refractivity contribution in [3.63, 3.8) is 0 Å². The smallest absolute Gasteiger partial charge is 0.250 e. The lowest BCUT2D eigenvalue weighted by molar-refractivity contribution is 0.412. The lowest BCUT2D eigenvalue weighted by Crippen LogP contribution is -1.97. The van der Waals surface area contributed by atoms with Crippen LogP contribution in [-0.2, 0) is 0 Å². The minimum atomic E-state index is 0.346. The molecule has 0 saturated heterocycles. The highest BCUT2D eigenvalue weighted by Gasteiger charge is 2.18. The molecule has 0 fully saturated rings. The third-order valence-electron chi connectivity index (χ3n) is 3.80. The Labute approximate surface area is 149 Å². The third-order valence-corrected chi connectivity index (χ3v) is 3.80. The van der Waals surface area contributed by atoms with Gasteiger partial charge in [0.15, 0.2) is 11.5 Å². The Morgan fingerprint density at radius 3 is 2.92 bits per heavy atom. The number of anilines is 2. The first kappa shape index (κ1) is 15.6. The molecule has 7 heteroatoms. The van der Waals surface area contributed by atoms with Crippen LogP contribution in [0.2, 0.25) is 0 Å². The highest BCUT2D eigenvalue weighted by atomic mass is 16.5. The normalized spacial score (nSPS) is 11.4. The highest BCUT2D eigenvalue weighted by Crippen LogP contribution is 2.39.